The summed E-state index contributed by atoms with van der Waals surface area (Å²) in [6, 6.07) is -5.80. The number of rotatable bonds is 30. The fourth-order valence-corrected chi connectivity index (χ4v) is 9.47. The molecule has 0 bridgehead atoms. The molecule has 458 valence electrons. The summed E-state index contributed by atoms with van der Waals surface area (Å²) in [7, 11) is 3.90. The Bertz CT molecular complexity index is 2390. The molecular formula is C57H98N12O12. The van der Waals surface area contributed by atoms with Gasteiger partial charge in [0.05, 0.1) is 17.7 Å². The number of nitrogens with one attached hydrogen (secondary N) is 9. The molecule has 1 aliphatic carbocycles. The van der Waals surface area contributed by atoms with Gasteiger partial charge in [-0.1, -0.05) is 41.5 Å². The number of amides is 10. The molecule has 2 fully saturated rings. The maximum absolute atomic E-state index is 14.2. The van der Waals surface area contributed by atoms with Crippen molar-refractivity contribution in [2.45, 2.75) is 227 Å². The number of nitrogens with zero attached hydrogens (tertiary/aromatic N) is 3. The first-order chi connectivity index (χ1) is 37.3. The monoisotopic (exact) mass is 1140 g/mol. The third-order valence-electron chi connectivity index (χ3n) is 14.0. The van der Waals surface area contributed by atoms with Crippen molar-refractivity contribution >= 4 is 59.1 Å². The van der Waals surface area contributed by atoms with Crippen LogP contribution in [0.2, 0.25) is 0 Å². The minimum absolute atomic E-state index is 0.0418. The fourth-order valence-electron chi connectivity index (χ4n) is 9.47. The number of hydrogen-bond acceptors (Lipinski definition) is 14. The number of ether oxygens (including phenoxy) is 1. The van der Waals surface area contributed by atoms with Crippen molar-refractivity contribution in [2.24, 2.45) is 17.8 Å². The average molecular weight is 1140 g/mol. The highest BCUT2D eigenvalue weighted by Gasteiger charge is 2.43. The highest BCUT2D eigenvalue weighted by Crippen LogP contribution is 2.32. The molecule has 24 nitrogen and oxygen atoms in total. The van der Waals surface area contributed by atoms with Crippen LogP contribution in [0.25, 0.3) is 0 Å². The Hall–Kier alpha value is -6.17. The van der Waals surface area contributed by atoms with Gasteiger partial charge in [0, 0.05) is 33.0 Å². The Morgan fingerprint density at radius 2 is 1.16 bits per heavy atom. The van der Waals surface area contributed by atoms with E-state index in [2.05, 4.69) is 52.8 Å². The Morgan fingerprint density at radius 1 is 0.667 bits per heavy atom. The second-order valence-corrected chi connectivity index (χ2v) is 26.2. The molecule has 2 heterocycles. The minimum atomic E-state index is -1.67. The van der Waals surface area contributed by atoms with Gasteiger partial charge in [-0.3, -0.25) is 47.9 Å². The van der Waals surface area contributed by atoms with Crippen molar-refractivity contribution in [3.63, 3.8) is 0 Å². The molecule has 1 aliphatic heterocycles. The first-order valence-electron chi connectivity index (χ1n) is 28.6. The van der Waals surface area contributed by atoms with Crippen LogP contribution in [0.4, 0.5) is 0 Å². The molecule has 81 heavy (non-hydrogen) atoms. The van der Waals surface area contributed by atoms with Gasteiger partial charge in [-0.05, 0) is 146 Å². The average Bonchev–Trinajstić information content (AvgIpc) is 4.11. The third kappa shape index (κ3) is 21.9. The fraction of sp³-hybridized carbons (Fsp3) is 0.772. The number of likely N-dealkylation sites (tertiary alicyclic amines) is 1. The Morgan fingerprint density at radius 3 is 1.62 bits per heavy atom. The topological polar surface area (TPSA) is 321 Å². The molecule has 1 saturated heterocycles. The quantitative estimate of drug-likeness (QED) is 0.0534. The van der Waals surface area contributed by atoms with Crippen LogP contribution in [0.3, 0.4) is 0 Å². The van der Waals surface area contributed by atoms with Crippen molar-refractivity contribution in [3.05, 3.63) is 17.8 Å². The molecule has 0 unspecified atom stereocenters. The molecule has 10 amide bonds. The lowest BCUT2D eigenvalue weighted by Gasteiger charge is -2.44. The summed E-state index contributed by atoms with van der Waals surface area (Å²) >= 11 is 0. The zero-order valence-electron chi connectivity index (χ0n) is 51.6. The number of oxazole rings is 1. The Labute approximate surface area is 479 Å². The van der Waals surface area contributed by atoms with Gasteiger partial charge in [-0.2, -0.15) is 0 Å². The molecule has 24 heteroatoms. The van der Waals surface area contributed by atoms with Crippen LogP contribution in [-0.2, 0) is 47.9 Å². The molecule has 0 radical (unpaired) electrons. The van der Waals surface area contributed by atoms with Gasteiger partial charge in [-0.15, -0.1) is 0 Å². The standard InChI is InChI=1S/C57H98N12O12/c1-33(2)27-37(44(71)60-38(28-34(3)4)47(74)66-56(15,16)52(79)67-54(11,12)50(77)58-25-22-43(70)64-57(23-20-24-57)32-68(17)18)63-51(78)55(13,14)65-46(73)39(29-35(5)6)61-45(72)40(31-81-53(8,9)10)62-48(75)42-21-19-26-69(42)49(76)41-30-80-36(7)59-41/h30,33-35,37-40,42H,19-29,31-32H2,1-18H3,(H,58,77)(H,60,71)(H,61,72)(H,62,75)(H,63,78)(H,64,70)(H,65,73)(H,66,74)(H,67,79)/t37-,38-,39-,40-,42-/m0/s1. The van der Waals surface area contributed by atoms with Gasteiger partial charge in [0.25, 0.3) is 5.91 Å². The third-order valence-corrected chi connectivity index (χ3v) is 14.0. The van der Waals surface area contributed by atoms with Crippen LogP contribution in [-0.4, -0.2) is 172 Å². The summed E-state index contributed by atoms with van der Waals surface area (Å²) < 4.78 is 11.2. The van der Waals surface area contributed by atoms with E-state index in [1.165, 1.54) is 52.7 Å². The molecule has 0 aromatic carbocycles. The van der Waals surface area contributed by atoms with Gasteiger partial charge in [0.1, 0.15) is 53.1 Å². The summed E-state index contributed by atoms with van der Waals surface area (Å²) in [6.07, 6.45) is 5.33. The van der Waals surface area contributed by atoms with E-state index < -0.39 is 106 Å². The lowest BCUT2D eigenvalue weighted by atomic mass is 9.76. The Balaban J connectivity index is 1.71. The molecule has 2 aliphatic rings. The van der Waals surface area contributed by atoms with Crippen molar-refractivity contribution < 1.29 is 57.1 Å². The molecular weight excluding hydrogens is 1040 g/mol. The second-order valence-electron chi connectivity index (χ2n) is 26.2. The molecule has 0 spiro atoms. The highest BCUT2D eigenvalue weighted by atomic mass is 16.5. The van der Waals surface area contributed by atoms with Crippen molar-refractivity contribution in [1.82, 2.24) is 62.6 Å². The van der Waals surface area contributed by atoms with Crippen LogP contribution in [0.5, 0.6) is 0 Å². The number of likely N-dealkylation sites (N-methyl/N-ethyl adjacent to an activating group) is 1. The van der Waals surface area contributed by atoms with Crippen LogP contribution < -0.4 is 47.9 Å². The number of aromatic nitrogens is 1. The first-order valence-corrected chi connectivity index (χ1v) is 28.6. The van der Waals surface area contributed by atoms with Crippen molar-refractivity contribution in [1.29, 1.82) is 0 Å². The molecule has 1 aromatic heterocycles. The highest BCUT2D eigenvalue weighted by molar-refractivity contribution is 6.00. The van der Waals surface area contributed by atoms with Gasteiger partial charge in [-0.25, -0.2) is 4.98 Å². The van der Waals surface area contributed by atoms with Gasteiger partial charge in [0.2, 0.25) is 53.2 Å². The van der Waals surface area contributed by atoms with Gasteiger partial charge >= 0.3 is 0 Å². The van der Waals surface area contributed by atoms with Crippen LogP contribution in [0.15, 0.2) is 10.7 Å². The lowest BCUT2D eigenvalue weighted by molar-refractivity contribution is -0.139. The van der Waals surface area contributed by atoms with E-state index in [1.54, 1.807) is 27.7 Å². The summed E-state index contributed by atoms with van der Waals surface area (Å²) in [5, 5.41) is 25.1. The summed E-state index contributed by atoms with van der Waals surface area (Å²) in [4.78, 5) is 146. The predicted molar refractivity (Wildman–Crippen MR) is 305 cm³/mol. The summed E-state index contributed by atoms with van der Waals surface area (Å²) in [5.74, 6) is -6.21. The largest absolute Gasteiger partial charge is 0.448 e. The van der Waals surface area contributed by atoms with E-state index in [0.717, 1.165) is 25.8 Å². The van der Waals surface area contributed by atoms with E-state index in [1.807, 2.05) is 60.5 Å². The van der Waals surface area contributed by atoms with Crippen LogP contribution >= 0.6 is 0 Å². The number of carbonyl (C=O) groups is 10. The molecule has 1 aromatic rings. The maximum atomic E-state index is 14.2. The van der Waals surface area contributed by atoms with E-state index in [-0.39, 0.29) is 86.2 Å². The van der Waals surface area contributed by atoms with E-state index >= 15 is 0 Å². The summed E-state index contributed by atoms with van der Waals surface area (Å²) in [5.41, 5.74) is -5.67. The zero-order chi connectivity index (χ0) is 61.6. The number of hydrogen-bond donors (Lipinski definition) is 9. The van der Waals surface area contributed by atoms with Crippen LogP contribution in [0.1, 0.15) is 178 Å². The number of carbonyl (C=O) groups excluding carboxylic acids is 10. The van der Waals surface area contributed by atoms with Crippen LogP contribution in [0, 0.1) is 24.7 Å². The predicted octanol–water partition coefficient (Wildman–Crippen LogP) is 2.27. The molecule has 3 rings (SSSR count). The van der Waals surface area contributed by atoms with E-state index in [9.17, 15) is 47.9 Å². The molecule has 5 atom stereocenters. The van der Waals surface area contributed by atoms with Gasteiger partial charge in [0.15, 0.2) is 11.6 Å². The first kappa shape index (κ1) is 69.1. The van der Waals surface area contributed by atoms with Crippen molar-refractivity contribution in [3.8, 4) is 0 Å². The van der Waals surface area contributed by atoms with E-state index in [0.29, 0.717) is 12.8 Å². The number of aryl methyl sites for hydroxylation is 1. The summed E-state index contributed by atoms with van der Waals surface area (Å²) in [6.45, 7) is 27.6. The lowest BCUT2D eigenvalue weighted by Crippen LogP contribution is -2.65. The maximum Gasteiger partial charge on any atom is 0.276 e. The van der Waals surface area contributed by atoms with Crippen molar-refractivity contribution in [2.75, 3.05) is 40.3 Å². The molecule has 1 saturated carbocycles. The SMILES string of the molecule is Cc1nc(C(=O)N2CCC[C@H]2C(=O)N[C@@H](COC(C)(C)C)C(=O)N[C@@H](CC(C)C)C(=O)NC(C)(C)C(=O)N[C@@H](CC(C)C)C(=O)N[C@@H](CC(C)C)C(=O)NC(C)(C)C(=O)NC(C)(C)C(=O)NCCC(=O)NC2(CN(C)C)CCC2)co1. The molecule has 9 N–H and O–H groups in total. The normalized spacial score (nSPS) is 17.1. The smallest absolute Gasteiger partial charge is 0.276 e. The Kier molecular flexibility index (Phi) is 24.9. The van der Waals surface area contributed by atoms with E-state index in [4.69, 9.17) is 9.15 Å². The van der Waals surface area contributed by atoms with Gasteiger partial charge < -0.3 is 66.8 Å². The minimum Gasteiger partial charge on any atom is -0.448 e. The second kappa shape index (κ2) is 29.2. The zero-order valence-corrected chi connectivity index (χ0v) is 51.6.